The molecule has 30 heavy (non-hydrogen) atoms. The van der Waals surface area contributed by atoms with Crippen LogP contribution in [0.5, 0.6) is 0 Å². The Kier molecular flexibility index (Phi) is 4.45. The molecule has 0 N–H and O–H groups in total. The molecule has 0 saturated carbocycles. The summed E-state index contributed by atoms with van der Waals surface area (Å²) in [5, 5.41) is 5.03. The van der Waals surface area contributed by atoms with E-state index in [2.05, 4.69) is 22.0 Å². The summed E-state index contributed by atoms with van der Waals surface area (Å²) in [5.41, 5.74) is 1.57. The number of fused-ring (bicyclic) bond motifs is 2. The van der Waals surface area contributed by atoms with Crippen LogP contribution in [-0.2, 0) is 0 Å². The van der Waals surface area contributed by atoms with Crippen molar-refractivity contribution < 1.29 is 18.0 Å². The van der Waals surface area contributed by atoms with Crippen molar-refractivity contribution in [2.24, 2.45) is 5.92 Å². The maximum absolute atomic E-state index is 13.4. The number of amides is 1. The summed E-state index contributed by atoms with van der Waals surface area (Å²) >= 11 is 0. The zero-order chi connectivity index (χ0) is 20.8. The summed E-state index contributed by atoms with van der Waals surface area (Å²) in [6, 6.07) is 8.54. The van der Waals surface area contributed by atoms with Crippen molar-refractivity contribution in [3.05, 3.63) is 59.9 Å². The lowest BCUT2D eigenvalue weighted by atomic mass is 9.84. The van der Waals surface area contributed by atoms with Gasteiger partial charge in [-0.05, 0) is 42.7 Å². The van der Waals surface area contributed by atoms with Gasteiger partial charge in [-0.15, -0.1) is 0 Å². The molecule has 4 aromatic rings. The number of halogens is 2. The normalized spacial score (nSPS) is 19.8. The van der Waals surface area contributed by atoms with Crippen LogP contribution in [0.15, 0.2) is 47.3 Å². The number of furan rings is 1. The van der Waals surface area contributed by atoms with E-state index in [4.69, 9.17) is 4.42 Å². The molecule has 0 unspecified atom stereocenters. The molecule has 0 radical (unpaired) electrons. The Morgan fingerprint density at radius 1 is 1.27 bits per heavy atom. The molecule has 2 atom stereocenters. The lowest BCUT2D eigenvalue weighted by Gasteiger charge is -2.37. The second kappa shape index (κ2) is 7.16. The first-order valence-corrected chi connectivity index (χ1v) is 9.76. The lowest BCUT2D eigenvalue weighted by Crippen LogP contribution is -2.42. The number of nitrogens with zero attached hydrogens (tertiary/aromatic N) is 5. The Hall–Kier alpha value is -3.36. The number of aromatic nitrogens is 4. The number of benzene rings is 1. The van der Waals surface area contributed by atoms with Crippen LogP contribution in [0.3, 0.4) is 0 Å². The minimum Gasteiger partial charge on any atom is -0.464 e. The molecule has 1 aliphatic rings. The van der Waals surface area contributed by atoms with Crippen molar-refractivity contribution in [1.82, 2.24) is 24.5 Å². The van der Waals surface area contributed by atoms with Gasteiger partial charge in [0.25, 0.3) is 18.1 Å². The Labute approximate surface area is 170 Å². The quantitative estimate of drug-likeness (QED) is 0.508. The van der Waals surface area contributed by atoms with Gasteiger partial charge in [-0.25, -0.2) is 18.3 Å². The average molecular weight is 411 g/mol. The molecule has 0 aliphatic carbocycles. The van der Waals surface area contributed by atoms with Gasteiger partial charge in [-0.1, -0.05) is 6.92 Å². The van der Waals surface area contributed by atoms with Crippen molar-refractivity contribution in [1.29, 1.82) is 0 Å². The van der Waals surface area contributed by atoms with E-state index >= 15 is 0 Å². The molecule has 4 heterocycles. The predicted molar refractivity (Wildman–Crippen MR) is 104 cm³/mol. The summed E-state index contributed by atoms with van der Waals surface area (Å²) < 4.78 is 33.6. The standard InChI is InChI=1S/C21H19F2N5O2/c1-12-4-6-27(20(29)14-2-3-18-13(8-14)5-7-30-18)10-15(12)17-9-16(19(22)23)26-21-24-11-25-28(17)21/h2-3,5,7-9,11-12,15,19H,4,6,10H2,1H3/t12-,15-/m0/s1. The first-order chi connectivity index (χ1) is 14.5. The minimum absolute atomic E-state index is 0.0898. The fourth-order valence-electron chi connectivity index (χ4n) is 4.15. The number of carbonyl (C=O) groups is 1. The SMILES string of the molecule is C[C@H]1CCN(C(=O)c2ccc3occc3c2)C[C@@H]1c1cc(C(F)F)nc2ncnn12. The molecule has 1 aliphatic heterocycles. The van der Waals surface area contributed by atoms with Gasteiger partial charge in [0.2, 0.25) is 0 Å². The van der Waals surface area contributed by atoms with Gasteiger partial charge < -0.3 is 9.32 Å². The van der Waals surface area contributed by atoms with Crippen LogP contribution >= 0.6 is 0 Å². The molecule has 1 saturated heterocycles. The number of rotatable bonds is 3. The molecule has 1 amide bonds. The predicted octanol–water partition coefficient (Wildman–Crippen LogP) is 4.07. The first kappa shape index (κ1) is 18.7. The molecular weight excluding hydrogens is 392 g/mol. The molecule has 0 spiro atoms. The van der Waals surface area contributed by atoms with Gasteiger partial charge in [0.05, 0.1) is 12.0 Å². The molecule has 1 aromatic carbocycles. The summed E-state index contributed by atoms with van der Waals surface area (Å²) in [6.07, 6.45) is 0.943. The summed E-state index contributed by atoms with van der Waals surface area (Å²) in [5.74, 6) is 0.0765. The van der Waals surface area contributed by atoms with Crippen molar-refractivity contribution in [2.75, 3.05) is 13.1 Å². The minimum atomic E-state index is -2.70. The Morgan fingerprint density at radius 3 is 2.97 bits per heavy atom. The zero-order valence-electron chi connectivity index (χ0n) is 16.2. The van der Waals surface area contributed by atoms with E-state index in [1.54, 1.807) is 23.3 Å². The highest BCUT2D eigenvalue weighted by atomic mass is 19.3. The third-order valence-corrected chi connectivity index (χ3v) is 5.85. The van der Waals surface area contributed by atoms with E-state index in [0.29, 0.717) is 24.3 Å². The Morgan fingerprint density at radius 2 is 2.13 bits per heavy atom. The van der Waals surface area contributed by atoms with Crippen LogP contribution in [0.2, 0.25) is 0 Å². The highest BCUT2D eigenvalue weighted by Gasteiger charge is 2.33. The zero-order valence-corrected chi connectivity index (χ0v) is 16.2. The van der Waals surface area contributed by atoms with Crippen molar-refractivity contribution in [2.45, 2.75) is 25.7 Å². The highest BCUT2D eigenvalue weighted by Crippen LogP contribution is 2.34. The van der Waals surface area contributed by atoms with Gasteiger partial charge in [-0.2, -0.15) is 10.1 Å². The van der Waals surface area contributed by atoms with Crippen molar-refractivity contribution in [3.8, 4) is 0 Å². The lowest BCUT2D eigenvalue weighted by molar-refractivity contribution is 0.0665. The first-order valence-electron chi connectivity index (χ1n) is 9.76. The van der Waals surface area contributed by atoms with Crippen LogP contribution in [0.4, 0.5) is 8.78 Å². The maximum atomic E-state index is 13.4. The van der Waals surface area contributed by atoms with Gasteiger partial charge in [0, 0.05) is 30.0 Å². The molecule has 154 valence electrons. The van der Waals surface area contributed by atoms with E-state index in [0.717, 1.165) is 17.4 Å². The second-order valence-electron chi connectivity index (χ2n) is 7.68. The van der Waals surface area contributed by atoms with Gasteiger partial charge in [-0.3, -0.25) is 4.79 Å². The monoisotopic (exact) mass is 411 g/mol. The van der Waals surface area contributed by atoms with Crippen LogP contribution in [0.25, 0.3) is 16.7 Å². The van der Waals surface area contributed by atoms with Crippen LogP contribution in [0, 0.1) is 5.92 Å². The summed E-state index contributed by atoms with van der Waals surface area (Å²) in [7, 11) is 0. The number of carbonyl (C=O) groups excluding carboxylic acids is 1. The molecule has 9 heteroatoms. The number of likely N-dealkylation sites (tertiary alicyclic amines) is 1. The number of hydrogen-bond donors (Lipinski definition) is 0. The largest absolute Gasteiger partial charge is 0.464 e. The van der Waals surface area contributed by atoms with Crippen LogP contribution in [-0.4, -0.2) is 43.5 Å². The summed E-state index contributed by atoms with van der Waals surface area (Å²) in [4.78, 5) is 22.8. The number of piperidine rings is 1. The van der Waals surface area contributed by atoms with E-state index in [-0.39, 0.29) is 29.2 Å². The van der Waals surface area contributed by atoms with E-state index in [1.165, 1.54) is 16.9 Å². The van der Waals surface area contributed by atoms with E-state index in [9.17, 15) is 13.6 Å². The van der Waals surface area contributed by atoms with E-state index < -0.39 is 6.43 Å². The average Bonchev–Trinajstić information content (AvgIpc) is 3.41. The van der Waals surface area contributed by atoms with Gasteiger partial charge in [0.15, 0.2) is 0 Å². The summed E-state index contributed by atoms with van der Waals surface area (Å²) in [6.45, 7) is 3.08. The second-order valence-corrected chi connectivity index (χ2v) is 7.68. The van der Waals surface area contributed by atoms with Crippen molar-refractivity contribution >= 4 is 22.7 Å². The third kappa shape index (κ3) is 3.10. The van der Waals surface area contributed by atoms with Gasteiger partial charge >= 0.3 is 0 Å². The number of hydrogen-bond acceptors (Lipinski definition) is 5. The topological polar surface area (TPSA) is 76.5 Å². The number of alkyl halides is 2. The van der Waals surface area contributed by atoms with Crippen LogP contribution < -0.4 is 0 Å². The van der Waals surface area contributed by atoms with Crippen molar-refractivity contribution in [3.63, 3.8) is 0 Å². The fraction of sp³-hybridized carbons (Fsp3) is 0.333. The molecule has 7 nitrogen and oxygen atoms in total. The van der Waals surface area contributed by atoms with E-state index in [1.807, 2.05) is 12.1 Å². The smallest absolute Gasteiger partial charge is 0.280 e. The molecule has 0 bridgehead atoms. The molecule has 1 fully saturated rings. The Balaban J connectivity index is 1.48. The van der Waals surface area contributed by atoms with Gasteiger partial charge in [0.1, 0.15) is 17.6 Å². The molecular formula is C21H19F2N5O2. The maximum Gasteiger partial charge on any atom is 0.280 e. The highest BCUT2D eigenvalue weighted by molar-refractivity contribution is 5.97. The fourth-order valence-corrected chi connectivity index (χ4v) is 4.15. The van der Waals surface area contributed by atoms with Crippen LogP contribution in [0.1, 0.15) is 47.4 Å². The molecule has 5 rings (SSSR count). The third-order valence-electron chi connectivity index (χ3n) is 5.85. The molecule has 3 aromatic heterocycles. The Bertz CT molecular complexity index is 1230.